The van der Waals surface area contributed by atoms with Crippen LogP contribution in [0.2, 0.25) is 0 Å². The van der Waals surface area contributed by atoms with E-state index in [0.29, 0.717) is 11.1 Å². The third kappa shape index (κ3) is 1.63. The fourth-order valence-electron chi connectivity index (χ4n) is 1.80. The van der Waals surface area contributed by atoms with E-state index >= 15 is 0 Å². The Labute approximate surface area is 102 Å². The van der Waals surface area contributed by atoms with Gasteiger partial charge >= 0.3 is 5.97 Å². The van der Waals surface area contributed by atoms with Gasteiger partial charge in [-0.25, -0.2) is 4.79 Å². The van der Waals surface area contributed by atoms with Gasteiger partial charge in [0.15, 0.2) is 0 Å². The fourth-order valence-corrected chi connectivity index (χ4v) is 2.49. The van der Waals surface area contributed by atoms with Gasteiger partial charge in [0.25, 0.3) is 0 Å². The second-order valence-electron chi connectivity index (χ2n) is 3.39. The molecule has 0 spiro atoms. The average Bonchev–Trinajstić information content (AvgIpc) is 2.73. The molecule has 84 valence electrons. The van der Waals surface area contributed by atoms with Crippen molar-refractivity contribution >= 4 is 32.9 Å². The highest BCUT2D eigenvalue weighted by Gasteiger charge is 2.19. The first-order valence-corrected chi connectivity index (χ1v) is 5.75. The minimum atomic E-state index is -0.329. The molecule has 2 rings (SSSR count). The molecule has 0 aliphatic carbocycles. The summed E-state index contributed by atoms with van der Waals surface area (Å²) in [5, 5.41) is 0.798. The average molecular weight is 283 g/mol. The monoisotopic (exact) mass is 282 g/mol. The molecule has 0 atom stereocenters. The Kier molecular flexibility index (Phi) is 3.01. The van der Waals surface area contributed by atoms with E-state index in [-0.39, 0.29) is 5.97 Å². The number of benzene rings is 1. The first kappa shape index (κ1) is 11.2. The van der Waals surface area contributed by atoms with Gasteiger partial charge in [0, 0.05) is 9.86 Å². The lowest BCUT2D eigenvalue weighted by Gasteiger charge is -2.09. The second kappa shape index (κ2) is 4.29. The largest absolute Gasteiger partial charge is 0.465 e. The van der Waals surface area contributed by atoms with Gasteiger partial charge in [0.05, 0.1) is 18.9 Å². The van der Waals surface area contributed by atoms with E-state index in [1.165, 1.54) is 7.11 Å². The van der Waals surface area contributed by atoms with E-state index in [1.807, 2.05) is 13.0 Å². The summed E-state index contributed by atoms with van der Waals surface area (Å²) in [7, 11) is 1.38. The van der Waals surface area contributed by atoms with Crippen LogP contribution in [0, 0.1) is 0 Å². The minimum absolute atomic E-state index is 0.329. The van der Waals surface area contributed by atoms with Crippen molar-refractivity contribution in [1.82, 2.24) is 0 Å². The van der Waals surface area contributed by atoms with Gasteiger partial charge in [-0.15, -0.1) is 0 Å². The molecule has 0 bridgehead atoms. The molecule has 16 heavy (non-hydrogen) atoms. The first-order valence-electron chi connectivity index (χ1n) is 4.96. The van der Waals surface area contributed by atoms with Crippen LogP contribution in [0.3, 0.4) is 0 Å². The lowest BCUT2D eigenvalue weighted by molar-refractivity contribution is 0.0601. The summed E-state index contributed by atoms with van der Waals surface area (Å²) in [6.07, 6.45) is 2.33. The zero-order valence-electron chi connectivity index (χ0n) is 9.04. The third-order valence-electron chi connectivity index (χ3n) is 2.56. The number of methoxy groups -OCH3 is 1. The van der Waals surface area contributed by atoms with Crippen LogP contribution < -0.4 is 0 Å². The molecular weight excluding hydrogens is 272 g/mol. The minimum Gasteiger partial charge on any atom is -0.465 e. The number of carbonyl (C=O) groups excluding carboxylic acids is 1. The standard InChI is InChI=1S/C12H11BrO3/c1-3-7-9(13)6-10-8(4-5-16-10)11(7)12(14)15-2/h4-6H,3H2,1-2H3. The number of fused-ring (bicyclic) bond motifs is 1. The second-order valence-corrected chi connectivity index (χ2v) is 4.24. The van der Waals surface area contributed by atoms with Crippen LogP contribution in [0.4, 0.5) is 0 Å². The third-order valence-corrected chi connectivity index (χ3v) is 3.26. The summed E-state index contributed by atoms with van der Waals surface area (Å²) >= 11 is 3.44. The zero-order valence-corrected chi connectivity index (χ0v) is 10.6. The number of hydrogen-bond acceptors (Lipinski definition) is 3. The number of halogens is 1. The molecule has 2 aromatic rings. The summed E-state index contributed by atoms with van der Waals surface area (Å²) in [6.45, 7) is 2.00. The molecule has 0 aliphatic heterocycles. The van der Waals surface area contributed by atoms with Crippen LogP contribution in [-0.2, 0) is 11.2 Å². The molecule has 0 saturated heterocycles. The van der Waals surface area contributed by atoms with E-state index in [4.69, 9.17) is 9.15 Å². The SMILES string of the molecule is CCc1c(Br)cc2occc2c1C(=O)OC. The molecule has 1 aromatic carbocycles. The number of furan rings is 1. The Morgan fingerprint density at radius 2 is 2.31 bits per heavy atom. The van der Waals surface area contributed by atoms with Gasteiger partial charge < -0.3 is 9.15 Å². The Bertz CT molecular complexity index is 542. The first-order chi connectivity index (χ1) is 7.69. The highest BCUT2D eigenvalue weighted by molar-refractivity contribution is 9.10. The molecule has 0 unspecified atom stereocenters. The topological polar surface area (TPSA) is 39.4 Å². The summed E-state index contributed by atoms with van der Waals surface area (Å²) in [5.41, 5.74) is 2.22. The Balaban J connectivity index is 2.82. The van der Waals surface area contributed by atoms with Crippen molar-refractivity contribution in [3.05, 3.63) is 34.0 Å². The number of ether oxygens (including phenoxy) is 1. The predicted octanol–water partition coefficient (Wildman–Crippen LogP) is 3.54. The molecule has 1 heterocycles. The van der Waals surface area contributed by atoms with Crippen LogP contribution in [0.25, 0.3) is 11.0 Å². The quantitative estimate of drug-likeness (QED) is 0.791. The normalized spacial score (nSPS) is 10.7. The van der Waals surface area contributed by atoms with Crippen molar-refractivity contribution in [3.63, 3.8) is 0 Å². The van der Waals surface area contributed by atoms with Gasteiger partial charge in [-0.3, -0.25) is 0 Å². The van der Waals surface area contributed by atoms with E-state index < -0.39 is 0 Å². The number of rotatable bonds is 2. The van der Waals surface area contributed by atoms with E-state index in [9.17, 15) is 4.79 Å². The molecule has 0 radical (unpaired) electrons. The maximum absolute atomic E-state index is 11.8. The molecular formula is C12H11BrO3. The van der Waals surface area contributed by atoms with Crippen molar-refractivity contribution in [2.75, 3.05) is 7.11 Å². The maximum Gasteiger partial charge on any atom is 0.338 e. The Morgan fingerprint density at radius 1 is 1.56 bits per heavy atom. The van der Waals surface area contributed by atoms with Crippen molar-refractivity contribution in [1.29, 1.82) is 0 Å². The molecule has 0 N–H and O–H groups in total. The molecule has 0 fully saturated rings. The molecule has 0 saturated carbocycles. The lowest BCUT2D eigenvalue weighted by atomic mass is 10.0. The van der Waals surface area contributed by atoms with E-state index in [1.54, 1.807) is 12.3 Å². The highest BCUT2D eigenvalue weighted by atomic mass is 79.9. The van der Waals surface area contributed by atoms with Crippen LogP contribution in [-0.4, -0.2) is 13.1 Å². The number of esters is 1. The maximum atomic E-state index is 11.8. The molecule has 4 heteroatoms. The van der Waals surface area contributed by atoms with Gasteiger partial charge in [-0.2, -0.15) is 0 Å². The van der Waals surface area contributed by atoms with E-state index in [0.717, 1.165) is 21.8 Å². The highest BCUT2D eigenvalue weighted by Crippen LogP contribution is 2.31. The Hall–Kier alpha value is -1.29. The molecule has 0 aliphatic rings. The van der Waals surface area contributed by atoms with Gasteiger partial charge in [-0.05, 0) is 24.1 Å². The van der Waals surface area contributed by atoms with E-state index in [2.05, 4.69) is 15.9 Å². The van der Waals surface area contributed by atoms with Crippen molar-refractivity contribution in [2.24, 2.45) is 0 Å². The predicted molar refractivity (Wildman–Crippen MR) is 64.6 cm³/mol. The summed E-state index contributed by atoms with van der Waals surface area (Å²) in [5.74, 6) is -0.329. The summed E-state index contributed by atoms with van der Waals surface area (Å²) in [4.78, 5) is 11.8. The van der Waals surface area contributed by atoms with Crippen LogP contribution in [0.5, 0.6) is 0 Å². The van der Waals surface area contributed by atoms with Crippen molar-refractivity contribution in [2.45, 2.75) is 13.3 Å². The van der Waals surface area contributed by atoms with Gasteiger partial charge in [0.1, 0.15) is 5.58 Å². The number of carbonyl (C=O) groups is 1. The number of hydrogen-bond donors (Lipinski definition) is 0. The summed E-state index contributed by atoms with van der Waals surface area (Å²) < 4.78 is 11.0. The van der Waals surface area contributed by atoms with Crippen LogP contribution in [0.1, 0.15) is 22.8 Å². The van der Waals surface area contributed by atoms with Gasteiger partial charge in [0.2, 0.25) is 0 Å². The molecule has 3 nitrogen and oxygen atoms in total. The van der Waals surface area contributed by atoms with Crippen molar-refractivity contribution in [3.8, 4) is 0 Å². The van der Waals surface area contributed by atoms with Crippen LogP contribution in [0.15, 0.2) is 27.3 Å². The zero-order chi connectivity index (χ0) is 11.7. The van der Waals surface area contributed by atoms with Crippen molar-refractivity contribution < 1.29 is 13.9 Å². The molecule has 1 aromatic heterocycles. The Morgan fingerprint density at radius 3 is 2.94 bits per heavy atom. The fraction of sp³-hybridized carbons (Fsp3) is 0.250. The van der Waals surface area contributed by atoms with Gasteiger partial charge in [-0.1, -0.05) is 22.9 Å². The summed E-state index contributed by atoms with van der Waals surface area (Å²) in [6, 6.07) is 3.66. The smallest absolute Gasteiger partial charge is 0.338 e. The lowest BCUT2D eigenvalue weighted by Crippen LogP contribution is -2.06. The molecule has 0 amide bonds. The van der Waals surface area contributed by atoms with Crippen LogP contribution >= 0.6 is 15.9 Å².